The summed E-state index contributed by atoms with van der Waals surface area (Å²) in [5.41, 5.74) is -0.172. The molecule has 1 aliphatic heterocycles. The maximum Gasteiger partial charge on any atom is 0.319 e. The predicted molar refractivity (Wildman–Crippen MR) is 89.7 cm³/mol. The number of carbonyl (C=O) groups excluding carboxylic acids is 1. The highest BCUT2D eigenvalue weighted by molar-refractivity contribution is 6.04. The van der Waals surface area contributed by atoms with E-state index in [-0.39, 0.29) is 11.8 Å². The fourth-order valence-corrected chi connectivity index (χ4v) is 3.48. The zero-order chi connectivity index (χ0) is 17.4. The fraction of sp³-hybridized carbons (Fsp3) is 0.444. The van der Waals surface area contributed by atoms with Crippen molar-refractivity contribution < 1.29 is 14.7 Å². The highest BCUT2D eigenvalue weighted by atomic mass is 16.4. The molecule has 1 aromatic carbocycles. The maximum absolute atomic E-state index is 12.5. The second-order valence-corrected chi connectivity index (χ2v) is 6.86. The van der Waals surface area contributed by atoms with Crippen LogP contribution in [0, 0.1) is 5.41 Å². The quantitative estimate of drug-likeness (QED) is 0.830. The summed E-state index contributed by atoms with van der Waals surface area (Å²) in [6.45, 7) is 1.14. The van der Waals surface area contributed by atoms with Gasteiger partial charge in [0, 0.05) is 24.6 Å². The van der Waals surface area contributed by atoms with Gasteiger partial charge in [-0.1, -0.05) is 30.3 Å². The number of hydrogen-bond acceptors (Lipinski definition) is 4. The standard InChI is InChI=1S/C18H20N4O3/c23-16(18(8-9-18)17(24)25)22-10-6-13(7-11-22)15-19-14(20-21-15)12-4-2-1-3-5-12/h1-5,13H,6-11H2,(H,24,25)(H,19,20,21). The Bertz CT molecular complexity index is 790. The van der Waals surface area contributed by atoms with Crippen LogP contribution >= 0.6 is 0 Å². The number of carboxylic acid groups (broad SMARTS) is 1. The number of amides is 1. The van der Waals surface area contributed by atoms with Gasteiger partial charge in [-0.3, -0.25) is 14.7 Å². The molecular weight excluding hydrogens is 320 g/mol. The summed E-state index contributed by atoms with van der Waals surface area (Å²) in [6, 6.07) is 9.79. The summed E-state index contributed by atoms with van der Waals surface area (Å²) in [5, 5.41) is 16.6. The first-order chi connectivity index (χ1) is 12.1. The maximum atomic E-state index is 12.5. The van der Waals surface area contributed by atoms with E-state index in [0.717, 1.165) is 24.2 Å². The lowest BCUT2D eigenvalue weighted by Crippen LogP contribution is -2.44. The molecule has 4 rings (SSSR count). The van der Waals surface area contributed by atoms with Gasteiger partial charge in [-0.25, -0.2) is 4.98 Å². The van der Waals surface area contributed by atoms with Gasteiger partial charge < -0.3 is 10.0 Å². The van der Waals surface area contributed by atoms with Crippen molar-refractivity contribution in [2.24, 2.45) is 5.41 Å². The molecule has 0 unspecified atom stereocenters. The van der Waals surface area contributed by atoms with Crippen molar-refractivity contribution in [1.29, 1.82) is 0 Å². The van der Waals surface area contributed by atoms with E-state index in [4.69, 9.17) is 0 Å². The largest absolute Gasteiger partial charge is 0.480 e. The molecule has 25 heavy (non-hydrogen) atoms. The lowest BCUT2D eigenvalue weighted by Gasteiger charge is -2.32. The van der Waals surface area contributed by atoms with Gasteiger partial charge in [0.05, 0.1) is 0 Å². The number of aromatic nitrogens is 3. The first-order valence-electron chi connectivity index (χ1n) is 8.61. The van der Waals surface area contributed by atoms with Gasteiger partial charge in [-0.2, -0.15) is 5.10 Å². The number of rotatable bonds is 4. The lowest BCUT2D eigenvalue weighted by molar-refractivity contribution is -0.154. The first kappa shape index (κ1) is 15.8. The van der Waals surface area contributed by atoms with E-state index in [1.807, 2.05) is 30.3 Å². The number of benzene rings is 1. The minimum absolute atomic E-state index is 0.217. The molecule has 1 amide bonds. The molecule has 130 valence electrons. The fourth-order valence-electron chi connectivity index (χ4n) is 3.48. The Morgan fingerprint density at radius 1 is 1.16 bits per heavy atom. The van der Waals surface area contributed by atoms with Crippen molar-refractivity contribution in [3.05, 3.63) is 36.2 Å². The number of H-pyrrole nitrogens is 1. The molecule has 7 nitrogen and oxygen atoms in total. The van der Waals surface area contributed by atoms with E-state index in [1.54, 1.807) is 4.90 Å². The summed E-state index contributed by atoms with van der Waals surface area (Å²) in [7, 11) is 0. The van der Waals surface area contributed by atoms with E-state index in [1.165, 1.54) is 0 Å². The third-order valence-electron chi connectivity index (χ3n) is 5.27. The van der Waals surface area contributed by atoms with E-state index in [0.29, 0.717) is 31.8 Å². The normalized spacial score (nSPS) is 19.6. The third-order valence-corrected chi connectivity index (χ3v) is 5.27. The Morgan fingerprint density at radius 2 is 1.84 bits per heavy atom. The average Bonchev–Trinajstić information content (AvgIpc) is 3.33. The van der Waals surface area contributed by atoms with Crippen molar-refractivity contribution in [3.63, 3.8) is 0 Å². The van der Waals surface area contributed by atoms with Crippen molar-refractivity contribution >= 4 is 11.9 Å². The molecule has 2 N–H and O–H groups in total. The van der Waals surface area contributed by atoms with Crippen LogP contribution < -0.4 is 0 Å². The van der Waals surface area contributed by atoms with Crippen LogP contribution in [0.5, 0.6) is 0 Å². The number of carboxylic acids is 1. The number of nitrogens with zero attached hydrogens (tertiary/aromatic N) is 3. The molecule has 2 fully saturated rings. The third kappa shape index (κ3) is 2.79. The number of likely N-dealkylation sites (tertiary alicyclic amines) is 1. The van der Waals surface area contributed by atoms with E-state index in [2.05, 4.69) is 15.2 Å². The Balaban J connectivity index is 1.40. The zero-order valence-corrected chi connectivity index (χ0v) is 13.8. The molecule has 1 saturated heterocycles. The number of hydrogen-bond donors (Lipinski definition) is 2. The number of carbonyl (C=O) groups is 2. The molecule has 0 radical (unpaired) electrons. The van der Waals surface area contributed by atoms with Crippen molar-refractivity contribution in [2.75, 3.05) is 13.1 Å². The van der Waals surface area contributed by atoms with Gasteiger partial charge in [0.2, 0.25) is 5.91 Å². The summed E-state index contributed by atoms with van der Waals surface area (Å²) < 4.78 is 0. The smallest absolute Gasteiger partial charge is 0.319 e. The number of piperidine rings is 1. The average molecular weight is 340 g/mol. The van der Waals surface area contributed by atoms with Gasteiger partial charge in [-0.05, 0) is 25.7 Å². The van der Waals surface area contributed by atoms with Crippen molar-refractivity contribution in [2.45, 2.75) is 31.6 Å². The van der Waals surface area contributed by atoms with E-state index in [9.17, 15) is 14.7 Å². The molecule has 2 aromatic rings. The van der Waals surface area contributed by atoms with E-state index < -0.39 is 11.4 Å². The van der Waals surface area contributed by atoms with Crippen LogP contribution in [0.3, 0.4) is 0 Å². The number of aromatic amines is 1. The minimum atomic E-state index is -1.14. The molecule has 1 aromatic heterocycles. The SMILES string of the molecule is O=C(O)C1(C(=O)N2CCC(c3nc(-c4ccccc4)n[nH]3)CC2)CC1. The Morgan fingerprint density at radius 3 is 2.44 bits per heavy atom. The number of nitrogens with one attached hydrogen (secondary N) is 1. The number of aliphatic carboxylic acids is 1. The highest BCUT2D eigenvalue weighted by Gasteiger charge is 2.58. The molecule has 0 bridgehead atoms. The molecule has 0 spiro atoms. The van der Waals surface area contributed by atoms with Crippen LogP contribution in [-0.4, -0.2) is 50.2 Å². The lowest BCUT2D eigenvalue weighted by atomic mass is 9.94. The predicted octanol–water partition coefficient (Wildman–Crippen LogP) is 2.04. The first-order valence-corrected chi connectivity index (χ1v) is 8.61. The zero-order valence-electron chi connectivity index (χ0n) is 13.8. The monoisotopic (exact) mass is 340 g/mol. The second kappa shape index (κ2) is 5.98. The Hall–Kier alpha value is -2.70. The van der Waals surface area contributed by atoms with Crippen LogP contribution in [0.25, 0.3) is 11.4 Å². The van der Waals surface area contributed by atoms with Gasteiger partial charge in [-0.15, -0.1) is 0 Å². The highest BCUT2D eigenvalue weighted by Crippen LogP contribution is 2.48. The van der Waals surface area contributed by atoms with Crippen LogP contribution in [0.4, 0.5) is 0 Å². The molecule has 1 aliphatic carbocycles. The molecular formula is C18H20N4O3. The van der Waals surface area contributed by atoms with Gasteiger partial charge in [0.1, 0.15) is 11.2 Å². The van der Waals surface area contributed by atoms with Gasteiger partial charge in [0.25, 0.3) is 0 Å². The molecule has 2 aliphatic rings. The molecule has 0 atom stereocenters. The van der Waals surface area contributed by atoms with Gasteiger partial charge in [0.15, 0.2) is 5.82 Å². The summed E-state index contributed by atoms with van der Waals surface area (Å²) in [5.74, 6) is 0.527. The van der Waals surface area contributed by atoms with Crippen LogP contribution in [0.2, 0.25) is 0 Å². The molecule has 1 saturated carbocycles. The minimum Gasteiger partial charge on any atom is -0.480 e. The molecule has 7 heteroatoms. The van der Waals surface area contributed by atoms with Gasteiger partial charge >= 0.3 is 5.97 Å². The van der Waals surface area contributed by atoms with E-state index >= 15 is 0 Å². The Labute approximate surface area is 145 Å². The summed E-state index contributed by atoms with van der Waals surface area (Å²) in [6.07, 6.45) is 2.46. The van der Waals surface area contributed by atoms with Crippen LogP contribution in [-0.2, 0) is 9.59 Å². The van der Waals surface area contributed by atoms with Crippen molar-refractivity contribution in [1.82, 2.24) is 20.1 Å². The van der Waals surface area contributed by atoms with Crippen molar-refractivity contribution in [3.8, 4) is 11.4 Å². The summed E-state index contributed by atoms with van der Waals surface area (Å²) >= 11 is 0. The second-order valence-electron chi connectivity index (χ2n) is 6.86. The summed E-state index contributed by atoms with van der Waals surface area (Å²) in [4.78, 5) is 30.1. The topological polar surface area (TPSA) is 99.2 Å². The van der Waals surface area contributed by atoms with Crippen LogP contribution in [0.1, 0.15) is 37.4 Å². The Kier molecular flexibility index (Phi) is 3.78. The van der Waals surface area contributed by atoms with Crippen LogP contribution in [0.15, 0.2) is 30.3 Å². The molecule has 2 heterocycles.